The SMILES string of the molecule is COCCN(C)S(=O)(=O)c1ccc(CN)cc1Br. The molecule has 0 spiro atoms. The molecule has 2 N–H and O–H groups in total. The van der Waals surface area contributed by atoms with Crippen LogP contribution in [-0.4, -0.2) is 40.0 Å². The molecular weight excluding hydrogens is 320 g/mol. The van der Waals surface area contributed by atoms with E-state index in [0.29, 0.717) is 24.2 Å². The summed E-state index contributed by atoms with van der Waals surface area (Å²) in [7, 11) is -0.442. The van der Waals surface area contributed by atoms with Crippen molar-refractivity contribution in [3.63, 3.8) is 0 Å². The first-order chi connectivity index (χ1) is 8.43. The molecule has 0 aromatic heterocycles. The summed E-state index contributed by atoms with van der Waals surface area (Å²) in [4.78, 5) is 0.235. The molecule has 1 aromatic rings. The van der Waals surface area contributed by atoms with Crippen LogP contribution in [0.25, 0.3) is 0 Å². The van der Waals surface area contributed by atoms with Crippen molar-refractivity contribution in [3.05, 3.63) is 28.2 Å². The zero-order chi connectivity index (χ0) is 13.8. The first-order valence-electron chi connectivity index (χ1n) is 5.37. The Morgan fingerprint density at radius 3 is 2.61 bits per heavy atom. The highest BCUT2D eigenvalue weighted by atomic mass is 79.9. The molecule has 0 aliphatic rings. The second-order valence-corrected chi connectivity index (χ2v) is 6.66. The van der Waals surface area contributed by atoms with Crippen molar-refractivity contribution in [1.82, 2.24) is 4.31 Å². The molecule has 7 heteroatoms. The first kappa shape index (κ1) is 15.6. The van der Waals surface area contributed by atoms with Gasteiger partial charge in [0.05, 0.1) is 11.5 Å². The van der Waals surface area contributed by atoms with Gasteiger partial charge in [-0.1, -0.05) is 6.07 Å². The number of nitrogens with zero attached hydrogens (tertiary/aromatic N) is 1. The Bertz CT molecular complexity index is 505. The zero-order valence-corrected chi connectivity index (χ0v) is 12.8. The van der Waals surface area contributed by atoms with Gasteiger partial charge < -0.3 is 10.5 Å². The normalized spacial score (nSPS) is 12.1. The van der Waals surface area contributed by atoms with Crippen LogP contribution in [0, 0.1) is 0 Å². The predicted octanol–water partition coefficient (Wildman–Crippen LogP) is 1.17. The Hall–Kier alpha value is -0.470. The van der Waals surface area contributed by atoms with Crippen molar-refractivity contribution in [1.29, 1.82) is 0 Å². The first-order valence-corrected chi connectivity index (χ1v) is 7.60. The minimum Gasteiger partial charge on any atom is -0.383 e. The fourth-order valence-corrected chi connectivity index (χ4v) is 3.62. The van der Waals surface area contributed by atoms with E-state index in [0.717, 1.165) is 5.56 Å². The minimum absolute atomic E-state index is 0.235. The molecule has 0 heterocycles. The molecule has 0 fully saturated rings. The van der Waals surface area contributed by atoms with Crippen LogP contribution in [0.2, 0.25) is 0 Å². The maximum atomic E-state index is 12.3. The summed E-state index contributed by atoms with van der Waals surface area (Å²) in [6.07, 6.45) is 0. The van der Waals surface area contributed by atoms with Crippen LogP contribution in [0.15, 0.2) is 27.6 Å². The van der Waals surface area contributed by atoms with Gasteiger partial charge in [-0.15, -0.1) is 0 Å². The molecule has 0 saturated carbocycles. The molecule has 5 nitrogen and oxygen atoms in total. The molecule has 0 aliphatic heterocycles. The van der Waals surface area contributed by atoms with Crippen molar-refractivity contribution < 1.29 is 13.2 Å². The van der Waals surface area contributed by atoms with Gasteiger partial charge in [-0.2, -0.15) is 4.31 Å². The van der Waals surface area contributed by atoms with Gasteiger partial charge in [0.2, 0.25) is 10.0 Å². The van der Waals surface area contributed by atoms with E-state index in [4.69, 9.17) is 10.5 Å². The van der Waals surface area contributed by atoms with Gasteiger partial charge >= 0.3 is 0 Å². The predicted molar refractivity (Wildman–Crippen MR) is 73.7 cm³/mol. The highest BCUT2D eigenvalue weighted by Crippen LogP contribution is 2.25. The number of sulfonamides is 1. The van der Waals surface area contributed by atoms with Crippen molar-refractivity contribution in [2.24, 2.45) is 5.73 Å². The Balaban J connectivity index is 3.05. The van der Waals surface area contributed by atoms with E-state index in [1.54, 1.807) is 18.2 Å². The number of methoxy groups -OCH3 is 1. The summed E-state index contributed by atoms with van der Waals surface area (Å²) in [5.74, 6) is 0. The molecule has 0 unspecified atom stereocenters. The number of rotatable bonds is 6. The third-order valence-electron chi connectivity index (χ3n) is 2.53. The average molecular weight is 337 g/mol. The van der Waals surface area contributed by atoms with Crippen LogP contribution >= 0.6 is 15.9 Å². The molecule has 0 radical (unpaired) electrons. The van der Waals surface area contributed by atoms with Crippen molar-refractivity contribution in [2.75, 3.05) is 27.3 Å². The van der Waals surface area contributed by atoms with E-state index in [1.807, 2.05) is 0 Å². The summed E-state index contributed by atoms with van der Waals surface area (Å²) in [6, 6.07) is 4.99. The maximum Gasteiger partial charge on any atom is 0.244 e. The Morgan fingerprint density at radius 1 is 1.44 bits per heavy atom. The third-order valence-corrected chi connectivity index (χ3v) is 5.36. The largest absolute Gasteiger partial charge is 0.383 e. The fourth-order valence-electron chi connectivity index (χ4n) is 1.39. The van der Waals surface area contributed by atoms with Crippen LogP contribution in [-0.2, 0) is 21.3 Å². The molecule has 102 valence electrons. The lowest BCUT2D eigenvalue weighted by Gasteiger charge is -2.17. The summed E-state index contributed by atoms with van der Waals surface area (Å²) < 4.78 is 31.2. The van der Waals surface area contributed by atoms with Gasteiger partial charge in [0.25, 0.3) is 0 Å². The molecule has 0 amide bonds. The molecule has 1 rings (SSSR count). The zero-order valence-electron chi connectivity index (χ0n) is 10.4. The van der Waals surface area contributed by atoms with Gasteiger partial charge in [0, 0.05) is 31.7 Å². The summed E-state index contributed by atoms with van der Waals surface area (Å²) >= 11 is 3.27. The third kappa shape index (κ3) is 3.52. The summed E-state index contributed by atoms with van der Waals surface area (Å²) in [6.45, 7) is 1.04. The molecule has 0 bridgehead atoms. The van der Waals surface area contributed by atoms with E-state index in [9.17, 15) is 8.42 Å². The number of likely N-dealkylation sites (N-methyl/N-ethyl adjacent to an activating group) is 1. The highest BCUT2D eigenvalue weighted by molar-refractivity contribution is 9.10. The van der Waals surface area contributed by atoms with E-state index in [-0.39, 0.29) is 4.90 Å². The van der Waals surface area contributed by atoms with Gasteiger partial charge in [0.1, 0.15) is 0 Å². The number of halogens is 1. The lowest BCUT2D eigenvalue weighted by Crippen LogP contribution is -2.30. The highest BCUT2D eigenvalue weighted by Gasteiger charge is 2.22. The molecule has 0 atom stereocenters. The van der Waals surface area contributed by atoms with Crippen molar-refractivity contribution in [2.45, 2.75) is 11.4 Å². The van der Waals surface area contributed by atoms with Crippen LogP contribution in [0.4, 0.5) is 0 Å². The topological polar surface area (TPSA) is 72.6 Å². The maximum absolute atomic E-state index is 12.3. The smallest absolute Gasteiger partial charge is 0.244 e. The standard InChI is InChI=1S/C11H17BrN2O3S/c1-14(5-6-17-2)18(15,16)11-4-3-9(8-13)7-10(11)12/h3-4,7H,5-6,8,13H2,1-2H3. The van der Waals surface area contributed by atoms with E-state index >= 15 is 0 Å². The number of ether oxygens (including phenoxy) is 1. The van der Waals surface area contributed by atoms with Crippen LogP contribution in [0.5, 0.6) is 0 Å². The lowest BCUT2D eigenvalue weighted by atomic mass is 10.2. The number of hydrogen-bond acceptors (Lipinski definition) is 4. The average Bonchev–Trinajstić information content (AvgIpc) is 2.35. The van der Waals surface area contributed by atoms with Crippen LogP contribution in [0.3, 0.4) is 0 Å². The molecular formula is C11H17BrN2O3S. The van der Waals surface area contributed by atoms with Gasteiger partial charge in [0.15, 0.2) is 0 Å². The van der Waals surface area contributed by atoms with Gasteiger partial charge in [-0.05, 0) is 33.6 Å². The van der Waals surface area contributed by atoms with E-state index in [1.165, 1.54) is 18.5 Å². The lowest BCUT2D eigenvalue weighted by molar-refractivity contribution is 0.185. The molecule has 0 saturated heterocycles. The minimum atomic E-state index is -3.50. The number of benzene rings is 1. The van der Waals surface area contributed by atoms with Crippen LogP contribution < -0.4 is 5.73 Å². The number of nitrogens with two attached hydrogens (primary N) is 1. The van der Waals surface area contributed by atoms with Crippen molar-refractivity contribution in [3.8, 4) is 0 Å². The molecule has 18 heavy (non-hydrogen) atoms. The van der Waals surface area contributed by atoms with Crippen LogP contribution in [0.1, 0.15) is 5.56 Å². The molecule has 0 aliphatic carbocycles. The van der Waals surface area contributed by atoms with Crippen molar-refractivity contribution >= 4 is 26.0 Å². The second-order valence-electron chi connectivity index (χ2n) is 3.79. The summed E-state index contributed by atoms with van der Waals surface area (Å²) in [5.41, 5.74) is 6.38. The monoisotopic (exact) mass is 336 g/mol. The fraction of sp³-hybridized carbons (Fsp3) is 0.455. The Kier molecular flexibility index (Phi) is 5.74. The summed E-state index contributed by atoms with van der Waals surface area (Å²) in [5, 5.41) is 0. The van der Waals surface area contributed by atoms with Gasteiger partial charge in [-0.3, -0.25) is 0 Å². The second kappa shape index (κ2) is 6.63. The Labute approximate surface area is 116 Å². The van der Waals surface area contributed by atoms with E-state index in [2.05, 4.69) is 15.9 Å². The van der Waals surface area contributed by atoms with Gasteiger partial charge in [-0.25, -0.2) is 8.42 Å². The van der Waals surface area contributed by atoms with E-state index < -0.39 is 10.0 Å². The number of hydrogen-bond donors (Lipinski definition) is 1. The Morgan fingerprint density at radius 2 is 2.11 bits per heavy atom. The quantitative estimate of drug-likeness (QED) is 0.846. The molecule has 1 aromatic carbocycles.